The van der Waals surface area contributed by atoms with E-state index in [0.717, 1.165) is 0 Å². The highest BCUT2D eigenvalue weighted by atomic mass is 16.2. The van der Waals surface area contributed by atoms with Gasteiger partial charge < -0.3 is 15.1 Å². The second-order valence-electron chi connectivity index (χ2n) is 8.53. The van der Waals surface area contributed by atoms with E-state index in [4.69, 9.17) is 0 Å². The highest BCUT2D eigenvalue weighted by Gasteiger charge is 2.54. The molecule has 2 N–H and O–H groups in total. The van der Waals surface area contributed by atoms with Crippen LogP contribution in [0.15, 0.2) is 24.3 Å². The number of carbonyl (C=O) groups is 3. The van der Waals surface area contributed by atoms with Crippen LogP contribution in [-0.2, 0) is 22.6 Å². The number of hydrogen-bond acceptors (Lipinski definition) is 4. The standard InChI is InChI=1S/C21H28N4O3/c1-14(2)13-25-20(28)23-19(27)21(25)7-9-24(10-8-21)18(26)17-11-15-5-3-4-6-16(15)12-22-17/h3-6,14,17,22H,7-13H2,1-2H3,(H,23,27,28)/t17-/m1/s1. The van der Waals surface area contributed by atoms with E-state index in [9.17, 15) is 14.4 Å². The van der Waals surface area contributed by atoms with Crippen LogP contribution in [0.4, 0.5) is 4.79 Å². The molecule has 0 saturated carbocycles. The molecule has 1 aromatic rings. The lowest BCUT2D eigenvalue weighted by molar-refractivity contribution is -0.139. The highest BCUT2D eigenvalue weighted by molar-refractivity contribution is 6.07. The predicted octanol–water partition coefficient (Wildman–Crippen LogP) is 1.27. The third kappa shape index (κ3) is 3.17. The molecule has 0 bridgehead atoms. The summed E-state index contributed by atoms with van der Waals surface area (Å²) in [7, 11) is 0. The first-order valence-corrected chi connectivity index (χ1v) is 10.1. The molecule has 3 heterocycles. The Bertz CT molecular complexity index is 799. The fraction of sp³-hybridized carbons (Fsp3) is 0.571. The molecule has 0 radical (unpaired) electrons. The summed E-state index contributed by atoms with van der Waals surface area (Å²) < 4.78 is 0. The van der Waals surface area contributed by atoms with Crippen molar-refractivity contribution in [3.63, 3.8) is 0 Å². The molecule has 0 aliphatic carbocycles. The van der Waals surface area contributed by atoms with E-state index >= 15 is 0 Å². The van der Waals surface area contributed by atoms with Gasteiger partial charge in [-0.3, -0.25) is 14.9 Å². The van der Waals surface area contributed by atoms with Gasteiger partial charge in [-0.15, -0.1) is 0 Å². The van der Waals surface area contributed by atoms with Gasteiger partial charge in [0.05, 0.1) is 6.04 Å². The maximum absolute atomic E-state index is 13.1. The zero-order valence-corrected chi connectivity index (χ0v) is 16.5. The summed E-state index contributed by atoms with van der Waals surface area (Å²) in [6, 6.07) is 7.67. The monoisotopic (exact) mass is 384 g/mol. The van der Waals surface area contributed by atoms with Crippen molar-refractivity contribution in [3.05, 3.63) is 35.4 Å². The lowest BCUT2D eigenvalue weighted by Crippen LogP contribution is -2.60. The summed E-state index contributed by atoms with van der Waals surface area (Å²) in [6.07, 6.45) is 1.67. The third-order valence-electron chi connectivity index (χ3n) is 6.23. The number of imide groups is 1. The molecular weight excluding hydrogens is 356 g/mol. The predicted molar refractivity (Wildman–Crippen MR) is 104 cm³/mol. The van der Waals surface area contributed by atoms with Crippen molar-refractivity contribution in [1.82, 2.24) is 20.4 Å². The number of rotatable bonds is 3. The molecule has 2 fully saturated rings. The average Bonchev–Trinajstić information content (AvgIpc) is 2.91. The average molecular weight is 384 g/mol. The number of hydrogen-bond donors (Lipinski definition) is 2. The van der Waals surface area contributed by atoms with Gasteiger partial charge in [0.1, 0.15) is 5.54 Å². The van der Waals surface area contributed by atoms with Gasteiger partial charge in [-0.25, -0.2) is 4.79 Å². The largest absolute Gasteiger partial charge is 0.341 e. The zero-order valence-electron chi connectivity index (χ0n) is 16.5. The van der Waals surface area contributed by atoms with Gasteiger partial charge in [0.2, 0.25) is 5.91 Å². The summed E-state index contributed by atoms with van der Waals surface area (Å²) in [5.74, 6) is 0.152. The van der Waals surface area contributed by atoms with E-state index in [1.165, 1.54) is 11.1 Å². The van der Waals surface area contributed by atoms with Gasteiger partial charge in [-0.1, -0.05) is 38.1 Å². The van der Waals surface area contributed by atoms with Gasteiger partial charge in [-0.2, -0.15) is 0 Å². The fourth-order valence-corrected chi connectivity index (χ4v) is 4.66. The van der Waals surface area contributed by atoms with Crippen LogP contribution in [0.25, 0.3) is 0 Å². The van der Waals surface area contributed by atoms with Crippen LogP contribution in [0.1, 0.15) is 37.8 Å². The molecule has 0 unspecified atom stereocenters. The normalized spacial score (nSPS) is 23.9. The minimum absolute atomic E-state index is 0.0875. The highest BCUT2D eigenvalue weighted by Crippen LogP contribution is 2.34. The number of carbonyl (C=O) groups excluding carboxylic acids is 3. The molecule has 7 heteroatoms. The summed E-state index contributed by atoms with van der Waals surface area (Å²) in [5.41, 5.74) is 1.66. The number of fused-ring (bicyclic) bond motifs is 1. The van der Waals surface area contributed by atoms with E-state index in [0.29, 0.717) is 45.4 Å². The molecule has 3 aliphatic rings. The number of urea groups is 1. The van der Waals surface area contributed by atoms with E-state index in [2.05, 4.69) is 22.8 Å². The number of benzene rings is 1. The molecule has 150 valence electrons. The lowest BCUT2D eigenvalue weighted by atomic mass is 9.85. The SMILES string of the molecule is CC(C)CN1C(=O)NC(=O)C12CCN(C(=O)[C@H]1Cc3ccccc3CN1)CC2. The number of piperidine rings is 1. The third-order valence-corrected chi connectivity index (χ3v) is 6.23. The van der Waals surface area contributed by atoms with Crippen molar-refractivity contribution in [1.29, 1.82) is 0 Å². The molecular formula is C21H28N4O3. The maximum atomic E-state index is 13.1. The summed E-state index contributed by atoms with van der Waals surface area (Å²) in [5, 5.41) is 5.83. The van der Waals surface area contributed by atoms with Gasteiger partial charge in [0, 0.05) is 26.2 Å². The Hall–Kier alpha value is -2.41. The minimum Gasteiger partial charge on any atom is -0.341 e. The summed E-state index contributed by atoms with van der Waals surface area (Å²) >= 11 is 0. The van der Waals surface area contributed by atoms with Gasteiger partial charge in [-0.05, 0) is 36.3 Å². The first-order chi connectivity index (χ1) is 13.4. The second kappa shape index (κ2) is 7.20. The van der Waals surface area contributed by atoms with E-state index in [1.54, 1.807) is 4.90 Å². The van der Waals surface area contributed by atoms with Crippen LogP contribution < -0.4 is 10.6 Å². The quantitative estimate of drug-likeness (QED) is 0.769. The topological polar surface area (TPSA) is 81.8 Å². The number of nitrogens with zero attached hydrogens (tertiary/aromatic N) is 2. The Morgan fingerprint density at radius 3 is 2.54 bits per heavy atom. The summed E-state index contributed by atoms with van der Waals surface area (Å²) in [6.45, 7) is 6.31. The van der Waals surface area contributed by atoms with Crippen molar-refractivity contribution in [2.24, 2.45) is 5.92 Å². The Morgan fingerprint density at radius 2 is 1.86 bits per heavy atom. The molecule has 1 atom stereocenters. The number of nitrogens with one attached hydrogen (secondary N) is 2. The number of likely N-dealkylation sites (tertiary alicyclic amines) is 1. The molecule has 3 aliphatic heterocycles. The van der Waals surface area contributed by atoms with Crippen LogP contribution in [-0.4, -0.2) is 58.9 Å². The van der Waals surface area contributed by atoms with E-state index in [1.807, 2.05) is 30.9 Å². The molecule has 4 amide bonds. The molecule has 2 saturated heterocycles. The van der Waals surface area contributed by atoms with Crippen LogP contribution in [0, 0.1) is 5.92 Å². The van der Waals surface area contributed by atoms with Crippen molar-refractivity contribution in [3.8, 4) is 0 Å². The molecule has 7 nitrogen and oxygen atoms in total. The Morgan fingerprint density at radius 1 is 1.18 bits per heavy atom. The van der Waals surface area contributed by atoms with Crippen molar-refractivity contribution in [2.75, 3.05) is 19.6 Å². The maximum Gasteiger partial charge on any atom is 0.325 e. The minimum atomic E-state index is -0.801. The van der Waals surface area contributed by atoms with Gasteiger partial charge >= 0.3 is 6.03 Å². The Labute approximate surface area is 165 Å². The molecule has 28 heavy (non-hydrogen) atoms. The second-order valence-corrected chi connectivity index (χ2v) is 8.53. The zero-order chi connectivity index (χ0) is 19.9. The molecule has 0 aromatic heterocycles. The van der Waals surface area contributed by atoms with E-state index in [-0.39, 0.29) is 29.8 Å². The molecule has 1 aromatic carbocycles. The molecule has 4 rings (SSSR count). The van der Waals surface area contributed by atoms with Crippen molar-refractivity contribution >= 4 is 17.8 Å². The van der Waals surface area contributed by atoms with Crippen LogP contribution in [0.5, 0.6) is 0 Å². The summed E-state index contributed by atoms with van der Waals surface area (Å²) in [4.78, 5) is 41.4. The van der Waals surface area contributed by atoms with Gasteiger partial charge in [0.15, 0.2) is 0 Å². The Kier molecular flexibility index (Phi) is 4.87. The fourth-order valence-electron chi connectivity index (χ4n) is 4.66. The van der Waals surface area contributed by atoms with E-state index < -0.39 is 5.54 Å². The lowest BCUT2D eigenvalue weighted by Gasteiger charge is -2.43. The smallest absolute Gasteiger partial charge is 0.325 e. The van der Waals surface area contributed by atoms with Crippen LogP contribution in [0.3, 0.4) is 0 Å². The molecule has 1 spiro atoms. The number of amides is 4. The van der Waals surface area contributed by atoms with Crippen LogP contribution >= 0.6 is 0 Å². The van der Waals surface area contributed by atoms with Crippen molar-refractivity contribution in [2.45, 2.75) is 51.2 Å². The van der Waals surface area contributed by atoms with Crippen LogP contribution in [0.2, 0.25) is 0 Å². The first-order valence-electron chi connectivity index (χ1n) is 10.1. The first kappa shape index (κ1) is 18.9. The van der Waals surface area contributed by atoms with Crippen molar-refractivity contribution < 1.29 is 14.4 Å². The van der Waals surface area contributed by atoms with Gasteiger partial charge in [0.25, 0.3) is 5.91 Å². The Balaban J connectivity index is 1.43.